The molecule has 5 heteroatoms. The Balaban J connectivity index is 2.32. The lowest BCUT2D eigenvalue weighted by Gasteiger charge is -2.14. The highest BCUT2D eigenvalue weighted by atomic mass is 32.1. The van der Waals surface area contributed by atoms with Gasteiger partial charge in [0.05, 0.1) is 0 Å². The highest BCUT2D eigenvalue weighted by Gasteiger charge is 2.07. The second-order valence-electron chi connectivity index (χ2n) is 3.04. The summed E-state index contributed by atoms with van der Waals surface area (Å²) >= 11 is 1.29. The standard InChI is InChI=1S/C9H10N4S/c1-7-4-3-5-8(6-7)13(2)9-10-11-12-14-9/h3-6H,1-2H3. The van der Waals surface area contributed by atoms with Crippen molar-refractivity contribution in [3.8, 4) is 0 Å². The van der Waals surface area contributed by atoms with E-state index >= 15 is 0 Å². The maximum absolute atomic E-state index is 3.91. The minimum atomic E-state index is 0.801. The number of aromatic nitrogens is 3. The zero-order chi connectivity index (χ0) is 9.97. The molecule has 4 nitrogen and oxygen atoms in total. The van der Waals surface area contributed by atoms with Crippen LogP contribution < -0.4 is 4.90 Å². The Labute approximate surface area is 86.4 Å². The van der Waals surface area contributed by atoms with E-state index in [9.17, 15) is 0 Å². The molecule has 1 aromatic heterocycles. The number of hydrogen-bond acceptors (Lipinski definition) is 5. The van der Waals surface area contributed by atoms with Crippen LogP contribution in [0.15, 0.2) is 24.3 Å². The number of benzene rings is 1. The van der Waals surface area contributed by atoms with Gasteiger partial charge in [-0.1, -0.05) is 21.7 Å². The fourth-order valence-corrected chi connectivity index (χ4v) is 1.65. The van der Waals surface area contributed by atoms with Crippen LogP contribution in [0.4, 0.5) is 10.8 Å². The van der Waals surface area contributed by atoms with E-state index in [0.717, 1.165) is 10.8 Å². The van der Waals surface area contributed by atoms with Crippen molar-refractivity contribution in [2.45, 2.75) is 6.92 Å². The molecule has 2 rings (SSSR count). The van der Waals surface area contributed by atoms with Gasteiger partial charge in [-0.05, 0) is 29.8 Å². The zero-order valence-corrected chi connectivity index (χ0v) is 8.82. The second kappa shape index (κ2) is 3.71. The zero-order valence-electron chi connectivity index (χ0n) is 8.01. The first-order valence-electron chi connectivity index (χ1n) is 4.23. The van der Waals surface area contributed by atoms with E-state index in [1.165, 1.54) is 17.1 Å². The molecule has 0 saturated carbocycles. The highest BCUT2D eigenvalue weighted by molar-refractivity contribution is 7.09. The molecule has 0 atom stereocenters. The van der Waals surface area contributed by atoms with E-state index in [2.05, 4.69) is 33.9 Å². The quantitative estimate of drug-likeness (QED) is 0.753. The lowest BCUT2D eigenvalue weighted by atomic mass is 10.2. The summed E-state index contributed by atoms with van der Waals surface area (Å²) in [6.07, 6.45) is 0. The first kappa shape index (κ1) is 9.08. The van der Waals surface area contributed by atoms with Crippen LogP contribution >= 0.6 is 11.5 Å². The predicted molar refractivity (Wildman–Crippen MR) is 56.9 cm³/mol. The smallest absolute Gasteiger partial charge is 0.232 e. The van der Waals surface area contributed by atoms with Gasteiger partial charge in [-0.3, -0.25) is 0 Å². The molecule has 2 aromatic rings. The van der Waals surface area contributed by atoms with Crippen LogP contribution in [-0.2, 0) is 0 Å². The van der Waals surface area contributed by atoms with E-state index in [4.69, 9.17) is 0 Å². The fourth-order valence-electron chi connectivity index (χ4n) is 1.20. The average Bonchev–Trinajstić information content (AvgIpc) is 2.69. The maximum atomic E-state index is 3.91. The molecule has 14 heavy (non-hydrogen) atoms. The molecular weight excluding hydrogens is 196 g/mol. The largest absolute Gasteiger partial charge is 0.318 e. The minimum Gasteiger partial charge on any atom is -0.318 e. The number of anilines is 2. The van der Waals surface area contributed by atoms with Crippen LogP contribution in [0, 0.1) is 6.92 Å². The second-order valence-corrected chi connectivity index (χ2v) is 3.75. The van der Waals surface area contributed by atoms with Crippen molar-refractivity contribution in [2.75, 3.05) is 11.9 Å². The molecular formula is C9H10N4S. The Kier molecular flexibility index (Phi) is 2.41. The lowest BCUT2D eigenvalue weighted by Crippen LogP contribution is -2.08. The summed E-state index contributed by atoms with van der Waals surface area (Å²) in [5, 5.41) is 8.28. The molecule has 0 amide bonds. The Morgan fingerprint density at radius 3 is 2.86 bits per heavy atom. The summed E-state index contributed by atoms with van der Waals surface area (Å²) < 4.78 is 3.73. The van der Waals surface area contributed by atoms with E-state index in [-0.39, 0.29) is 0 Å². The third-order valence-corrected chi connectivity index (χ3v) is 2.64. The number of rotatable bonds is 2. The SMILES string of the molecule is Cc1cccc(N(C)c2nnns2)c1. The van der Waals surface area contributed by atoms with Crippen molar-refractivity contribution in [3.63, 3.8) is 0 Å². The summed E-state index contributed by atoms with van der Waals surface area (Å²) in [6, 6.07) is 8.22. The predicted octanol–water partition coefficient (Wildman–Crippen LogP) is 2.01. The molecule has 1 aromatic carbocycles. The maximum Gasteiger partial charge on any atom is 0.232 e. The third-order valence-electron chi connectivity index (χ3n) is 1.97. The van der Waals surface area contributed by atoms with Gasteiger partial charge >= 0.3 is 0 Å². The molecule has 1 heterocycles. The number of nitrogens with zero attached hydrogens (tertiary/aromatic N) is 4. The van der Waals surface area contributed by atoms with Gasteiger partial charge in [0.2, 0.25) is 5.13 Å². The van der Waals surface area contributed by atoms with E-state index in [0.29, 0.717) is 0 Å². The molecule has 0 unspecified atom stereocenters. The molecule has 0 fully saturated rings. The molecule has 0 aliphatic heterocycles. The van der Waals surface area contributed by atoms with Crippen molar-refractivity contribution >= 4 is 22.4 Å². The van der Waals surface area contributed by atoms with Crippen molar-refractivity contribution < 1.29 is 0 Å². The summed E-state index contributed by atoms with van der Waals surface area (Å²) in [7, 11) is 1.96. The molecule has 0 aliphatic carbocycles. The Hall–Kier alpha value is -1.49. The Morgan fingerprint density at radius 2 is 2.21 bits per heavy atom. The van der Waals surface area contributed by atoms with E-state index in [1.54, 1.807) is 0 Å². The van der Waals surface area contributed by atoms with Gasteiger partial charge < -0.3 is 4.90 Å². The van der Waals surface area contributed by atoms with Gasteiger partial charge in [-0.25, -0.2) is 0 Å². The monoisotopic (exact) mass is 206 g/mol. The van der Waals surface area contributed by atoms with Crippen LogP contribution in [0.1, 0.15) is 5.56 Å². The highest BCUT2D eigenvalue weighted by Crippen LogP contribution is 2.23. The normalized spacial score (nSPS) is 10.1. The fraction of sp³-hybridized carbons (Fsp3) is 0.222. The van der Waals surface area contributed by atoms with Crippen LogP contribution in [0.2, 0.25) is 0 Å². The Bertz CT molecular complexity index is 413. The summed E-state index contributed by atoms with van der Waals surface area (Å²) in [6.45, 7) is 2.07. The molecule has 0 radical (unpaired) electrons. The molecule has 72 valence electrons. The summed E-state index contributed by atoms with van der Waals surface area (Å²) in [5.41, 5.74) is 2.33. The minimum absolute atomic E-state index is 0.801. The molecule has 0 aliphatic rings. The van der Waals surface area contributed by atoms with Gasteiger partial charge in [0, 0.05) is 24.3 Å². The van der Waals surface area contributed by atoms with Gasteiger partial charge in [0.1, 0.15) is 0 Å². The first-order valence-corrected chi connectivity index (χ1v) is 5.00. The van der Waals surface area contributed by atoms with Crippen LogP contribution in [-0.4, -0.2) is 21.8 Å². The molecule has 0 bridgehead atoms. The molecule has 0 saturated heterocycles. The average molecular weight is 206 g/mol. The summed E-state index contributed by atoms with van der Waals surface area (Å²) in [4.78, 5) is 1.97. The van der Waals surface area contributed by atoms with Crippen LogP contribution in [0.5, 0.6) is 0 Å². The first-order chi connectivity index (χ1) is 6.77. The lowest BCUT2D eigenvalue weighted by molar-refractivity contribution is 0.944. The number of aryl methyl sites for hydroxylation is 1. The van der Waals surface area contributed by atoms with Gasteiger partial charge in [-0.15, -0.1) is 0 Å². The van der Waals surface area contributed by atoms with Crippen molar-refractivity contribution in [1.29, 1.82) is 0 Å². The van der Waals surface area contributed by atoms with Crippen molar-refractivity contribution in [3.05, 3.63) is 29.8 Å². The van der Waals surface area contributed by atoms with Crippen molar-refractivity contribution in [2.24, 2.45) is 0 Å². The summed E-state index contributed by atoms with van der Waals surface area (Å²) in [5.74, 6) is 0. The Morgan fingerprint density at radius 1 is 1.36 bits per heavy atom. The van der Waals surface area contributed by atoms with E-state index in [1.807, 2.05) is 24.1 Å². The van der Waals surface area contributed by atoms with Gasteiger partial charge in [0.15, 0.2) is 0 Å². The van der Waals surface area contributed by atoms with Crippen LogP contribution in [0.3, 0.4) is 0 Å². The topological polar surface area (TPSA) is 41.9 Å². The van der Waals surface area contributed by atoms with E-state index < -0.39 is 0 Å². The number of hydrogen-bond donors (Lipinski definition) is 0. The van der Waals surface area contributed by atoms with Gasteiger partial charge in [0.25, 0.3) is 0 Å². The third kappa shape index (κ3) is 1.72. The van der Waals surface area contributed by atoms with Gasteiger partial charge in [-0.2, -0.15) is 0 Å². The van der Waals surface area contributed by atoms with Crippen LogP contribution in [0.25, 0.3) is 0 Å². The van der Waals surface area contributed by atoms with Crippen molar-refractivity contribution in [1.82, 2.24) is 14.8 Å². The molecule has 0 N–H and O–H groups in total. The molecule has 0 spiro atoms.